The number of ether oxygens (including phenoxy) is 2. The molecule has 5 aromatic rings. The van der Waals surface area contributed by atoms with E-state index in [4.69, 9.17) is 20.2 Å². The molecule has 2 aromatic carbocycles. The summed E-state index contributed by atoms with van der Waals surface area (Å²) in [4.78, 5) is 39.8. The van der Waals surface area contributed by atoms with Crippen LogP contribution in [0.3, 0.4) is 0 Å². The molecule has 2 bridgehead atoms. The highest BCUT2D eigenvalue weighted by Crippen LogP contribution is 2.41. The predicted octanol–water partition coefficient (Wildman–Crippen LogP) is 5.69. The number of aromatic nitrogens is 4. The van der Waals surface area contributed by atoms with Crippen LogP contribution >= 0.6 is 0 Å². The number of aryl methyl sites for hydroxylation is 1. The Morgan fingerprint density at radius 1 is 0.891 bits per heavy atom. The second-order valence-electron chi connectivity index (χ2n) is 17.9. The number of hydrogen-bond acceptors (Lipinski definition) is 13. The Bertz CT molecular complexity index is 2530. The molecule has 3 amide bonds. The first-order valence-electron chi connectivity index (χ1n) is 22.6. The molecule has 16 nitrogen and oxygen atoms in total. The third-order valence-corrected chi connectivity index (χ3v) is 13.9. The van der Waals surface area contributed by atoms with Gasteiger partial charge in [0.25, 0.3) is 0 Å². The first kappa shape index (κ1) is 41.9. The second kappa shape index (κ2) is 17.5. The molecule has 0 saturated carbocycles. The summed E-state index contributed by atoms with van der Waals surface area (Å²) in [5.41, 5.74) is 12.6. The SMILES string of the molecule is CCN(CC1CCN(c2cc(N3C4CCC3CN(c3cc(-c5ccccc5O)nnc3N)C4)ccc2F)CC1)CC1OCC(n2cc(C)c3cc(N4CCC(=O)NC4=O)cnc32)CO1. The second-order valence-corrected chi connectivity index (χ2v) is 17.9. The number of rotatable bonds is 11. The van der Waals surface area contributed by atoms with Crippen LogP contribution in [0.25, 0.3) is 22.3 Å². The molecule has 5 aliphatic rings. The van der Waals surface area contributed by atoms with E-state index in [0.29, 0.717) is 60.7 Å². The highest BCUT2D eigenvalue weighted by Gasteiger charge is 2.41. The van der Waals surface area contributed by atoms with E-state index in [1.807, 2.05) is 37.3 Å². The molecule has 5 aliphatic heterocycles. The van der Waals surface area contributed by atoms with Crippen LogP contribution in [0.1, 0.15) is 50.6 Å². The van der Waals surface area contributed by atoms with Crippen molar-refractivity contribution in [2.24, 2.45) is 5.92 Å². The maximum Gasteiger partial charge on any atom is 0.328 e. The van der Waals surface area contributed by atoms with E-state index in [0.717, 1.165) is 92.9 Å². The van der Waals surface area contributed by atoms with Gasteiger partial charge in [-0.25, -0.2) is 14.2 Å². The number of fused-ring (bicyclic) bond motifs is 3. The third-order valence-electron chi connectivity index (χ3n) is 13.9. The molecule has 10 rings (SSSR count). The summed E-state index contributed by atoms with van der Waals surface area (Å²) in [5.74, 6) is 0.541. The zero-order chi connectivity index (χ0) is 44.1. The number of nitrogens with two attached hydrogens (primary N) is 1. The molecule has 17 heteroatoms. The number of nitrogen functional groups attached to an aromatic ring is 1. The van der Waals surface area contributed by atoms with Gasteiger partial charge in [-0.3, -0.25) is 19.9 Å². The van der Waals surface area contributed by atoms with Crippen molar-refractivity contribution in [1.82, 2.24) is 30.0 Å². The van der Waals surface area contributed by atoms with Crippen LogP contribution in [-0.4, -0.2) is 126 Å². The smallest absolute Gasteiger partial charge is 0.328 e. The van der Waals surface area contributed by atoms with E-state index in [1.165, 1.54) is 0 Å². The summed E-state index contributed by atoms with van der Waals surface area (Å²) < 4.78 is 30.4. The van der Waals surface area contributed by atoms with Crippen molar-refractivity contribution in [2.75, 3.05) is 90.9 Å². The number of hydrogen-bond donors (Lipinski definition) is 3. The molecule has 64 heavy (non-hydrogen) atoms. The molecular formula is C47H56FN11O5. The van der Waals surface area contributed by atoms with Gasteiger partial charge in [0, 0.05) is 87.2 Å². The van der Waals surface area contributed by atoms with E-state index in [1.54, 1.807) is 29.3 Å². The number of imide groups is 1. The molecule has 0 radical (unpaired) electrons. The lowest BCUT2D eigenvalue weighted by atomic mass is 9.95. The Morgan fingerprint density at radius 2 is 1.66 bits per heavy atom. The summed E-state index contributed by atoms with van der Waals surface area (Å²) in [5, 5.41) is 22.3. The molecule has 0 spiro atoms. The number of carbonyl (C=O) groups excluding carboxylic acids is 2. The normalized spacial score (nSPS) is 23.1. The molecule has 336 valence electrons. The van der Waals surface area contributed by atoms with Crippen molar-refractivity contribution in [3.8, 4) is 17.0 Å². The first-order valence-corrected chi connectivity index (χ1v) is 22.6. The van der Waals surface area contributed by atoms with E-state index in [-0.39, 0.29) is 48.3 Å². The van der Waals surface area contributed by atoms with E-state index >= 15 is 4.39 Å². The van der Waals surface area contributed by atoms with Crippen LogP contribution < -0.4 is 30.7 Å². The Balaban J connectivity index is 0.723. The quantitative estimate of drug-likeness (QED) is 0.148. The average Bonchev–Trinajstić information content (AvgIpc) is 3.77. The number of urea groups is 1. The van der Waals surface area contributed by atoms with Gasteiger partial charge < -0.3 is 39.6 Å². The van der Waals surface area contributed by atoms with Gasteiger partial charge in [-0.05, 0) is 93.1 Å². The zero-order valence-corrected chi connectivity index (χ0v) is 36.4. The van der Waals surface area contributed by atoms with E-state index in [9.17, 15) is 14.7 Å². The maximum absolute atomic E-state index is 15.6. The number of phenols is 1. The number of pyridine rings is 1. The molecule has 5 saturated heterocycles. The Morgan fingerprint density at radius 3 is 2.39 bits per heavy atom. The number of nitrogens with one attached hydrogen (secondary N) is 1. The molecule has 8 heterocycles. The Kier molecular flexibility index (Phi) is 11.5. The fraction of sp³-hybridized carbons (Fsp3) is 0.468. The van der Waals surface area contributed by atoms with Crippen LogP contribution in [-0.2, 0) is 14.3 Å². The molecule has 4 N–H and O–H groups in total. The number of piperazine rings is 1. The van der Waals surface area contributed by atoms with Crippen LogP contribution in [0.5, 0.6) is 5.75 Å². The topological polar surface area (TPSA) is 171 Å². The van der Waals surface area contributed by atoms with Gasteiger partial charge >= 0.3 is 6.03 Å². The Labute approximate surface area is 371 Å². The van der Waals surface area contributed by atoms with Crippen molar-refractivity contribution < 1.29 is 28.6 Å². The van der Waals surface area contributed by atoms with Crippen molar-refractivity contribution >= 4 is 51.5 Å². The number of amides is 3. The minimum absolute atomic E-state index is 0.0469. The van der Waals surface area contributed by atoms with Gasteiger partial charge in [-0.2, -0.15) is 0 Å². The number of phenolic OH excluding ortho intramolecular Hbond substituents is 1. The van der Waals surface area contributed by atoms with E-state index < -0.39 is 6.03 Å². The van der Waals surface area contributed by atoms with Crippen LogP contribution in [0, 0.1) is 18.7 Å². The summed E-state index contributed by atoms with van der Waals surface area (Å²) >= 11 is 0. The van der Waals surface area contributed by atoms with E-state index in [2.05, 4.69) is 58.9 Å². The molecule has 0 aliphatic carbocycles. The largest absolute Gasteiger partial charge is 0.507 e. The van der Waals surface area contributed by atoms with Gasteiger partial charge in [0.05, 0.1) is 48.2 Å². The fourth-order valence-electron chi connectivity index (χ4n) is 10.5. The zero-order valence-electron chi connectivity index (χ0n) is 36.4. The number of anilines is 5. The van der Waals surface area contributed by atoms with Crippen molar-refractivity contribution in [1.29, 1.82) is 0 Å². The summed E-state index contributed by atoms with van der Waals surface area (Å²) in [6, 6.07) is 16.6. The lowest BCUT2D eigenvalue weighted by Gasteiger charge is -2.44. The van der Waals surface area contributed by atoms with Gasteiger partial charge in [-0.15, -0.1) is 10.2 Å². The average molecular weight is 874 g/mol. The number of halogens is 1. The molecular weight excluding hydrogens is 818 g/mol. The number of piperidine rings is 1. The monoisotopic (exact) mass is 873 g/mol. The highest BCUT2D eigenvalue weighted by molar-refractivity contribution is 6.06. The lowest BCUT2D eigenvalue weighted by molar-refractivity contribution is -0.203. The van der Waals surface area contributed by atoms with Gasteiger partial charge in [0.2, 0.25) is 5.91 Å². The first-order chi connectivity index (χ1) is 31.1. The van der Waals surface area contributed by atoms with Crippen molar-refractivity contribution in [3.63, 3.8) is 0 Å². The molecule has 2 unspecified atom stereocenters. The van der Waals surface area contributed by atoms with Gasteiger partial charge in [0.1, 0.15) is 17.2 Å². The number of likely N-dealkylation sites (N-methyl/N-ethyl adjacent to an activating group) is 1. The number of aromatic hydroxyl groups is 1. The van der Waals surface area contributed by atoms with Crippen molar-refractivity contribution in [2.45, 2.75) is 70.4 Å². The van der Waals surface area contributed by atoms with Crippen LogP contribution in [0.4, 0.5) is 37.8 Å². The minimum atomic E-state index is -0.428. The molecule has 2 atom stereocenters. The van der Waals surface area contributed by atoms with Crippen LogP contribution in [0.2, 0.25) is 0 Å². The number of nitrogens with zero attached hydrogens (tertiary/aromatic N) is 9. The highest BCUT2D eigenvalue weighted by atomic mass is 19.1. The van der Waals surface area contributed by atoms with Crippen molar-refractivity contribution in [3.05, 3.63) is 78.4 Å². The number of benzene rings is 2. The number of carbonyl (C=O) groups is 2. The fourth-order valence-corrected chi connectivity index (χ4v) is 10.5. The van der Waals surface area contributed by atoms with Gasteiger partial charge in [0.15, 0.2) is 12.1 Å². The molecule has 5 fully saturated rings. The third kappa shape index (κ3) is 8.16. The maximum atomic E-state index is 15.6. The Hall–Kier alpha value is -6.04. The predicted molar refractivity (Wildman–Crippen MR) is 243 cm³/mol. The summed E-state index contributed by atoms with van der Waals surface area (Å²) in [6.45, 7) is 11.1. The van der Waals surface area contributed by atoms with Crippen LogP contribution in [0.15, 0.2) is 67.0 Å². The minimum Gasteiger partial charge on any atom is -0.507 e. The van der Waals surface area contributed by atoms with Gasteiger partial charge in [-0.1, -0.05) is 19.1 Å². The lowest BCUT2D eigenvalue weighted by Crippen LogP contribution is -2.54. The standard InChI is InChI=1S/C47H56FN11O5/c1-3-54(26-44-63-27-35(28-64-44)58-22-29(2)37-18-34(21-50-46(37)58)57-17-14-43(61)51-47(57)62)23-30-12-15-55(16-13-30)40-19-31(10-11-38(40)48)59-32-8-9-33(59)25-56(24-32)41-20-39(52-53-45(41)49)36-6-4-5-7-42(36)60/h4-7,10-11,18-22,30,32-33,35,44,60H,3,8-9,12-17,23-28H2,1-2H3,(H2,49,53)(H,51,61,62). The number of para-hydroxylation sites is 1. The molecule has 3 aromatic heterocycles. The summed E-state index contributed by atoms with van der Waals surface area (Å²) in [7, 11) is 0. The summed E-state index contributed by atoms with van der Waals surface area (Å²) in [6.07, 6.45) is 7.67.